The number of benzene rings is 6. The van der Waals surface area contributed by atoms with Gasteiger partial charge in [-0.3, -0.25) is 9.13 Å². The van der Waals surface area contributed by atoms with Crippen LogP contribution >= 0.6 is 0 Å². The summed E-state index contributed by atoms with van der Waals surface area (Å²) in [5.74, 6) is 1.71. The van der Waals surface area contributed by atoms with E-state index >= 15 is 0 Å². The van der Waals surface area contributed by atoms with Crippen molar-refractivity contribution in [1.29, 1.82) is 0 Å². The van der Waals surface area contributed by atoms with Crippen LogP contribution in [0.1, 0.15) is 101 Å². The van der Waals surface area contributed by atoms with Gasteiger partial charge in [-0.2, -0.15) is 29.7 Å². The summed E-state index contributed by atoms with van der Waals surface area (Å²) in [4.78, 5) is 0. The molecule has 6 aromatic carbocycles. The maximum Gasteiger partial charge on any atom is 0.269 e. The van der Waals surface area contributed by atoms with E-state index < -0.39 is 0 Å². The van der Waals surface area contributed by atoms with E-state index in [1.165, 1.54) is 72.2 Å². The predicted molar refractivity (Wildman–Crippen MR) is 222 cm³/mol. The average Bonchev–Trinajstić information content (AvgIpc) is 3.71. The molecule has 0 N–H and O–H groups in total. The second-order valence-corrected chi connectivity index (χ2v) is 15.4. The Bertz CT molecular complexity index is 2140. The molecule has 1 aromatic heterocycles. The van der Waals surface area contributed by atoms with Crippen molar-refractivity contribution in [2.24, 2.45) is 0 Å². The van der Waals surface area contributed by atoms with Gasteiger partial charge in [-0.05, 0) is 45.9 Å². The van der Waals surface area contributed by atoms with E-state index in [-0.39, 0.29) is 22.4 Å². The van der Waals surface area contributed by atoms with E-state index in [0.717, 1.165) is 0 Å². The first-order valence-corrected chi connectivity index (χ1v) is 19.0. The van der Waals surface area contributed by atoms with Gasteiger partial charge in [0.2, 0.25) is 6.71 Å². The van der Waals surface area contributed by atoms with Gasteiger partial charge < -0.3 is 0 Å². The van der Waals surface area contributed by atoms with Crippen molar-refractivity contribution in [1.82, 2.24) is 4.57 Å². The summed E-state index contributed by atoms with van der Waals surface area (Å²) in [6.45, 7) is 18.6. The van der Waals surface area contributed by atoms with Crippen LogP contribution in [0, 0.1) is 12.4 Å². The van der Waals surface area contributed by atoms with Gasteiger partial charge in [-0.15, -0.1) is 5.56 Å². The largest absolute Gasteiger partial charge is 0.291 e. The predicted octanol–water partition coefficient (Wildman–Crippen LogP) is 10.2. The monoisotopic (exact) mass is 874 g/mol. The maximum atomic E-state index is 3.84. The van der Waals surface area contributed by atoms with Gasteiger partial charge in [0.25, 0.3) is 6.33 Å². The van der Waals surface area contributed by atoms with E-state index in [2.05, 4.69) is 204 Å². The molecular weight excluding hydrogens is 824 g/mol. The molecule has 1 aliphatic heterocycles. The molecule has 0 aliphatic carbocycles. The number of hydrogen-bond donors (Lipinski definition) is 0. The quantitative estimate of drug-likeness (QED) is 0.0857. The summed E-state index contributed by atoms with van der Waals surface area (Å²) in [7, 11) is 0. The molecular formula is C49H50AuBN2-. The van der Waals surface area contributed by atoms with Crippen molar-refractivity contribution in [2.45, 2.75) is 79.1 Å². The molecule has 0 saturated heterocycles. The molecule has 4 heteroatoms. The molecule has 0 fully saturated rings. The molecule has 0 bridgehead atoms. The summed E-state index contributed by atoms with van der Waals surface area (Å²) < 4.78 is 4.64. The summed E-state index contributed by atoms with van der Waals surface area (Å²) in [5, 5.41) is 0. The number of hydrogen-bond acceptors (Lipinski definition) is 0. The van der Waals surface area contributed by atoms with E-state index in [1.54, 1.807) is 0 Å². The van der Waals surface area contributed by atoms with Gasteiger partial charge in [0, 0.05) is 22.4 Å². The van der Waals surface area contributed by atoms with Crippen molar-refractivity contribution in [3.8, 4) is 22.5 Å². The summed E-state index contributed by atoms with van der Waals surface area (Å²) in [6, 6.07) is 51.2. The molecule has 7 aromatic rings. The first kappa shape index (κ1) is 38.3. The Balaban J connectivity index is 0.000000203. The minimum atomic E-state index is 0. The molecule has 0 atom stereocenters. The fraction of sp³-hybridized carbons (Fsp3) is 0.245. The van der Waals surface area contributed by atoms with Gasteiger partial charge in [0.15, 0.2) is 0 Å². The van der Waals surface area contributed by atoms with Crippen LogP contribution in [0.4, 0.5) is 0 Å². The molecule has 8 rings (SSSR count). The van der Waals surface area contributed by atoms with Gasteiger partial charge in [0.05, 0.1) is 22.4 Å². The summed E-state index contributed by atoms with van der Waals surface area (Å²) in [6.07, 6.45) is 3.84. The molecule has 1 radical (unpaired) electrons. The van der Waals surface area contributed by atoms with Crippen LogP contribution < -0.4 is 21.0 Å². The number of rotatable bonds is 7. The summed E-state index contributed by atoms with van der Waals surface area (Å²) >= 11 is 0. The Kier molecular flexibility index (Phi) is 11.8. The molecule has 1 aliphatic rings. The fourth-order valence-electron chi connectivity index (χ4n) is 8.02. The van der Waals surface area contributed by atoms with E-state index in [9.17, 15) is 0 Å². The Labute approximate surface area is 333 Å². The number of nitrogens with zero attached hydrogens (tertiary/aromatic N) is 2. The minimum absolute atomic E-state index is 0. The zero-order chi connectivity index (χ0) is 36.5. The maximum absolute atomic E-state index is 3.84. The molecule has 271 valence electrons. The third kappa shape index (κ3) is 7.28. The molecule has 2 nitrogen and oxygen atoms in total. The third-order valence-corrected chi connectivity index (χ3v) is 10.6. The first-order valence-electron chi connectivity index (χ1n) is 19.0. The van der Waals surface area contributed by atoms with Crippen LogP contribution in [-0.4, -0.2) is 11.3 Å². The normalized spacial score (nSPS) is 11.9. The van der Waals surface area contributed by atoms with Crippen LogP contribution in [-0.2, 0) is 22.4 Å². The molecule has 0 saturated carbocycles. The Morgan fingerprint density at radius 2 is 1.06 bits per heavy atom. The number of imidazole rings is 1. The fourth-order valence-corrected chi connectivity index (χ4v) is 8.02. The zero-order valence-corrected chi connectivity index (χ0v) is 34.5. The SMILES string of the molecule is CC(C)c1cccc(C(C)C)c1-n1[c-][n+](-c2c(C(C)C)cccc2C(C)C)c2ccccc21.[Au].[c-]1ccc2c(c1)-c1ccccc1B2c1ccccc1. The van der Waals surface area contributed by atoms with E-state index in [1.807, 2.05) is 6.07 Å². The van der Waals surface area contributed by atoms with Crippen LogP contribution in [0.2, 0.25) is 0 Å². The van der Waals surface area contributed by atoms with Gasteiger partial charge >= 0.3 is 0 Å². The van der Waals surface area contributed by atoms with E-state index in [4.69, 9.17) is 0 Å². The topological polar surface area (TPSA) is 8.81 Å². The van der Waals surface area contributed by atoms with Crippen LogP contribution in [0.3, 0.4) is 0 Å². The Hall–Kier alpha value is -4.40. The van der Waals surface area contributed by atoms with Crippen molar-refractivity contribution < 1.29 is 26.9 Å². The number of aromatic nitrogens is 2. The van der Waals surface area contributed by atoms with Crippen LogP contribution in [0.5, 0.6) is 0 Å². The standard InChI is InChI=1S/C31H38N2.C18H12B.Au/c1-20(2)24-13-11-14-25(21(3)4)30(24)32-19-33(29-18-10-9-17-28(29)32)31-26(22(5)6)15-12-16-27(31)23(7)8;1-2-8-14(9-3-1)19-17-12-6-4-10-15(17)16-11-5-7-13-18(16)19;/h9-18,20-23H,1-8H3;1-4,6-13H;/q;-1;. The van der Waals surface area contributed by atoms with Crippen molar-refractivity contribution in [2.75, 3.05) is 0 Å². The molecule has 0 amide bonds. The smallest absolute Gasteiger partial charge is 0.269 e. The van der Waals surface area contributed by atoms with Gasteiger partial charge in [0.1, 0.15) is 0 Å². The Morgan fingerprint density at radius 1 is 0.528 bits per heavy atom. The van der Waals surface area contributed by atoms with Crippen molar-refractivity contribution in [3.05, 3.63) is 168 Å². The third-order valence-electron chi connectivity index (χ3n) is 10.6. The van der Waals surface area contributed by atoms with Crippen molar-refractivity contribution in [3.63, 3.8) is 0 Å². The minimum Gasteiger partial charge on any atom is -0.291 e. The molecule has 53 heavy (non-hydrogen) atoms. The number of para-hydroxylation sites is 4. The molecule has 0 spiro atoms. The van der Waals surface area contributed by atoms with Crippen LogP contribution in [0.25, 0.3) is 33.5 Å². The molecule has 0 unspecified atom stereocenters. The first-order chi connectivity index (χ1) is 25.2. The zero-order valence-electron chi connectivity index (χ0n) is 32.3. The van der Waals surface area contributed by atoms with Gasteiger partial charge in [-0.1, -0.05) is 187 Å². The molecule has 2 heterocycles. The number of fused-ring (bicyclic) bond motifs is 4. The Morgan fingerprint density at radius 3 is 1.68 bits per heavy atom. The van der Waals surface area contributed by atoms with Crippen LogP contribution in [0.15, 0.2) is 133 Å². The van der Waals surface area contributed by atoms with E-state index in [0.29, 0.717) is 30.4 Å². The second-order valence-electron chi connectivity index (χ2n) is 15.4. The average molecular weight is 875 g/mol. The second kappa shape index (κ2) is 16.3. The summed E-state index contributed by atoms with van der Waals surface area (Å²) in [5.41, 5.74) is 17.3. The van der Waals surface area contributed by atoms with Gasteiger partial charge in [-0.25, -0.2) is 0 Å². The van der Waals surface area contributed by atoms with Crippen molar-refractivity contribution >= 4 is 34.1 Å².